The zero-order valence-corrected chi connectivity index (χ0v) is 14.7. The number of oxazole rings is 1. The van der Waals surface area contributed by atoms with Gasteiger partial charge in [0.05, 0.1) is 26.1 Å². The lowest BCUT2D eigenvalue weighted by atomic mass is 10.1. The van der Waals surface area contributed by atoms with Crippen LogP contribution in [0.3, 0.4) is 0 Å². The van der Waals surface area contributed by atoms with E-state index in [1.165, 1.54) is 0 Å². The zero-order valence-electron chi connectivity index (χ0n) is 14.7. The monoisotopic (exact) mass is 367 g/mol. The smallest absolute Gasteiger partial charge is 0.299 e. The van der Waals surface area contributed by atoms with Crippen molar-refractivity contribution in [2.24, 2.45) is 0 Å². The summed E-state index contributed by atoms with van der Waals surface area (Å²) in [6.07, 6.45) is 1.62. The van der Waals surface area contributed by atoms with E-state index in [9.17, 15) is 4.79 Å². The molecule has 138 valence electrons. The van der Waals surface area contributed by atoms with E-state index >= 15 is 0 Å². The Morgan fingerprint density at radius 1 is 1.11 bits per heavy atom. The molecule has 0 radical (unpaired) electrons. The first-order valence-electron chi connectivity index (χ1n) is 8.18. The van der Waals surface area contributed by atoms with Crippen LogP contribution in [0, 0.1) is 0 Å². The Morgan fingerprint density at radius 2 is 1.96 bits per heavy atom. The van der Waals surface area contributed by atoms with E-state index in [0.29, 0.717) is 34.7 Å². The minimum absolute atomic E-state index is 0.00109. The molecule has 8 heteroatoms. The number of ether oxygens (including phenoxy) is 3. The molecule has 0 aliphatic carbocycles. The van der Waals surface area contributed by atoms with E-state index < -0.39 is 0 Å². The number of benzene rings is 2. The van der Waals surface area contributed by atoms with Crippen LogP contribution in [0.25, 0.3) is 11.3 Å². The Balaban J connectivity index is 1.54. The number of rotatable bonds is 5. The molecule has 1 aromatic heterocycles. The van der Waals surface area contributed by atoms with Crippen LogP contribution in [0.2, 0.25) is 0 Å². The number of carbonyl (C=O) groups is 1. The van der Waals surface area contributed by atoms with Crippen molar-refractivity contribution in [1.82, 2.24) is 4.98 Å². The highest BCUT2D eigenvalue weighted by atomic mass is 16.5. The van der Waals surface area contributed by atoms with Crippen molar-refractivity contribution in [2.75, 3.05) is 31.5 Å². The maximum atomic E-state index is 11.3. The first kappa shape index (κ1) is 16.8. The number of nitrogens with one attached hydrogen (secondary N) is 2. The molecule has 0 saturated carbocycles. The van der Waals surface area contributed by atoms with E-state index in [1.807, 2.05) is 12.1 Å². The molecular formula is C19H17N3O5. The van der Waals surface area contributed by atoms with E-state index in [0.717, 1.165) is 11.3 Å². The predicted octanol–water partition coefficient (Wildman–Crippen LogP) is 3.43. The number of fused-ring (bicyclic) bond motifs is 1. The number of carbonyl (C=O) groups excluding carboxylic acids is 1. The summed E-state index contributed by atoms with van der Waals surface area (Å²) < 4.78 is 21.7. The van der Waals surface area contributed by atoms with Crippen LogP contribution in [0.5, 0.6) is 17.2 Å². The Morgan fingerprint density at radius 3 is 2.78 bits per heavy atom. The van der Waals surface area contributed by atoms with Crippen LogP contribution in [0.15, 0.2) is 47.0 Å². The van der Waals surface area contributed by atoms with Crippen molar-refractivity contribution in [3.63, 3.8) is 0 Å². The average Bonchev–Trinajstić information content (AvgIpc) is 3.16. The molecule has 0 unspecified atom stereocenters. The number of hydrogen-bond acceptors (Lipinski definition) is 7. The van der Waals surface area contributed by atoms with Crippen molar-refractivity contribution in [3.8, 4) is 28.6 Å². The SMILES string of the molecule is COc1ccc(-c2cnc(Nc3ccc4c(c3)OCC(=O)N4)o2)cc1OC. The lowest BCUT2D eigenvalue weighted by Gasteiger charge is -2.18. The minimum atomic E-state index is -0.171. The first-order valence-corrected chi connectivity index (χ1v) is 8.18. The molecule has 4 rings (SSSR count). The fraction of sp³-hybridized carbons (Fsp3) is 0.158. The highest BCUT2D eigenvalue weighted by Crippen LogP contribution is 2.34. The third-order valence-corrected chi connectivity index (χ3v) is 4.04. The van der Waals surface area contributed by atoms with Gasteiger partial charge in [-0.2, -0.15) is 0 Å². The summed E-state index contributed by atoms with van der Waals surface area (Å²) in [6, 6.07) is 11.1. The second-order valence-corrected chi connectivity index (χ2v) is 5.77. The van der Waals surface area contributed by atoms with Gasteiger partial charge in [-0.15, -0.1) is 0 Å². The standard InChI is InChI=1S/C19H17N3O5/c1-24-14-6-3-11(7-16(14)25-2)17-9-20-19(27-17)21-12-4-5-13-15(8-12)26-10-18(23)22-13/h3-9H,10H2,1-2H3,(H,20,21)(H,22,23). The van der Waals surface area contributed by atoms with Crippen LogP contribution >= 0.6 is 0 Å². The number of anilines is 3. The van der Waals surface area contributed by atoms with Gasteiger partial charge in [-0.05, 0) is 30.3 Å². The highest BCUT2D eigenvalue weighted by molar-refractivity contribution is 5.95. The van der Waals surface area contributed by atoms with Gasteiger partial charge in [-0.1, -0.05) is 0 Å². The lowest BCUT2D eigenvalue weighted by Crippen LogP contribution is -2.25. The Bertz CT molecular complexity index is 999. The zero-order chi connectivity index (χ0) is 18.8. The molecular weight excluding hydrogens is 350 g/mol. The number of aromatic nitrogens is 1. The average molecular weight is 367 g/mol. The van der Waals surface area contributed by atoms with Gasteiger partial charge in [0.1, 0.15) is 5.75 Å². The normalized spacial score (nSPS) is 12.6. The maximum absolute atomic E-state index is 11.3. The molecule has 1 aliphatic heterocycles. The summed E-state index contributed by atoms with van der Waals surface area (Å²) in [5.41, 5.74) is 2.17. The van der Waals surface area contributed by atoms with E-state index in [4.69, 9.17) is 18.6 Å². The second-order valence-electron chi connectivity index (χ2n) is 5.77. The first-order chi connectivity index (χ1) is 13.2. The summed E-state index contributed by atoms with van der Waals surface area (Å²) in [7, 11) is 3.16. The van der Waals surface area contributed by atoms with E-state index in [2.05, 4.69) is 15.6 Å². The molecule has 1 amide bonds. The van der Waals surface area contributed by atoms with Crippen molar-refractivity contribution in [3.05, 3.63) is 42.6 Å². The number of hydrogen-bond donors (Lipinski definition) is 2. The molecule has 3 aromatic rings. The number of amides is 1. The topological polar surface area (TPSA) is 94.8 Å². The van der Waals surface area contributed by atoms with Crippen LogP contribution in [0.1, 0.15) is 0 Å². The molecule has 0 bridgehead atoms. The van der Waals surface area contributed by atoms with Gasteiger partial charge >= 0.3 is 0 Å². The largest absolute Gasteiger partial charge is 0.493 e. The highest BCUT2D eigenvalue weighted by Gasteiger charge is 2.16. The fourth-order valence-electron chi connectivity index (χ4n) is 2.73. The van der Waals surface area contributed by atoms with Crippen LogP contribution in [-0.4, -0.2) is 31.7 Å². The molecule has 8 nitrogen and oxygen atoms in total. The third kappa shape index (κ3) is 3.37. The molecule has 2 N–H and O–H groups in total. The molecule has 27 heavy (non-hydrogen) atoms. The molecule has 0 fully saturated rings. The van der Waals surface area contributed by atoms with Gasteiger partial charge in [-0.3, -0.25) is 4.79 Å². The fourth-order valence-corrected chi connectivity index (χ4v) is 2.73. The summed E-state index contributed by atoms with van der Waals surface area (Å²) in [5.74, 6) is 2.25. The Labute approximate surface area is 155 Å². The van der Waals surface area contributed by atoms with Gasteiger partial charge in [0.15, 0.2) is 23.9 Å². The molecule has 1 aliphatic rings. The summed E-state index contributed by atoms with van der Waals surface area (Å²) in [4.78, 5) is 15.6. The van der Waals surface area contributed by atoms with Crippen LogP contribution in [-0.2, 0) is 4.79 Å². The van der Waals surface area contributed by atoms with Crippen molar-refractivity contribution in [2.45, 2.75) is 0 Å². The van der Waals surface area contributed by atoms with Gasteiger partial charge in [0.2, 0.25) is 0 Å². The summed E-state index contributed by atoms with van der Waals surface area (Å²) in [5, 5.41) is 5.82. The predicted molar refractivity (Wildman–Crippen MR) is 98.9 cm³/mol. The van der Waals surface area contributed by atoms with Crippen LogP contribution in [0.4, 0.5) is 17.4 Å². The number of nitrogens with zero attached hydrogens (tertiary/aromatic N) is 1. The quantitative estimate of drug-likeness (QED) is 0.713. The number of methoxy groups -OCH3 is 2. The Hall–Kier alpha value is -3.68. The van der Waals surface area contributed by atoms with Gasteiger partial charge in [0.25, 0.3) is 11.9 Å². The Kier molecular flexibility index (Phi) is 4.29. The summed E-state index contributed by atoms with van der Waals surface area (Å²) in [6.45, 7) is -0.00109. The van der Waals surface area contributed by atoms with E-state index in [-0.39, 0.29) is 12.5 Å². The molecule has 2 aromatic carbocycles. The molecule has 0 saturated heterocycles. The maximum Gasteiger partial charge on any atom is 0.299 e. The van der Waals surface area contributed by atoms with Gasteiger partial charge < -0.3 is 29.3 Å². The van der Waals surface area contributed by atoms with Crippen molar-refractivity contribution in [1.29, 1.82) is 0 Å². The van der Waals surface area contributed by atoms with Crippen LogP contribution < -0.4 is 24.8 Å². The minimum Gasteiger partial charge on any atom is -0.493 e. The second kappa shape index (κ2) is 6.91. The van der Waals surface area contributed by atoms with Crippen molar-refractivity contribution >= 4 is 23.3 Å². The third-order valence-electron chi connectivity index (χ3n) is 4.04. The van der Waals surface area contributed by atoms with Gasteiger partial charge in [-0.25, -0.2) is 4.98 Å². The summed E-state index contributed by atoms with van der Waals surface area (Å²) >= 11 is 0. The molecule has 0 spiro atoms. The van der Waals surface area contributed by atoms with Crippen molar-refractivity contribution < 1.29 is 23.4 Å². The molecule has 0 atom stereocenters. The van der Waals surface area contributed by atoms with Gasteiger partial charge in [0, 0.05) is 17.3 Å². The van der Waals surface area contributed by atoms with E-state index in [1.54, 1.807) is 44.7 Å². The molecule has 2 heterocycles. The lowest BCUT2D eigenvalue weighted by molar-refractivity contribution is -0.118.